The lowest BCUT2D eigenvalue weighted by atomic mass is 10.1. The van der Waals surface area contributed by atoms with E-state index in [0.717, 1.165) is 24.1 Å². The lowest BCUT2D eigenvalue weighted by Crippen LogP contribution is -1.99. The molecule has 2 heteroatoms. The molecule has 0 atom stereocenters. The van der Waals surface area contributed by atoms with Crippen molar-refractivity contribution >= 4 is 23.5 Å². The number of rotatable bonds is 1. The second kappa shape index (κ2) is 2.74. The number of thiol groups is 1. The van der Waals surface area contributed by atoms with E-state index in [1.165, 1.54) is 5.39 Å². The van der Waals surface area contributed by atoms with E-state index in [1.807, 2.05) is 12.1 Å². The average Bonchev–Trinajstić information content (AvgIpc) is 2.97. The van der Waals surface area contributed by atoms with Crippen LogP contribution in [0.15, 0.2) is 36.4 Å². The summed E-state index contributed by atoms with van der Waals surface area (Å²) in [5.74, 6) is 0. The molecule has 1 heterocycles. The fourth-order valence-corrected chi connectivity index (χ4v) is 1.94. The molecule has 1 nitrogen and oxygen atoms in total. The minimum absolute atomic E-state index is 0.0734. The molecule has 0 saturated heterocycles. The molecule has 0 bridgehead atoms. The van der Waals surface area contributed by atoms with Crippen LogP contribution >= 0.6 is 12.6 Å². The molecule has 0 N–H and O–H groups in total. The number of hydrogen-bond donors (Lipinski definition) is 1. The number of nitrogens with zero attached hydrogens (tertiary/aromatic N) is 1. The van der Waals surface area contributed by atoms with Gasteiger partial charge in [-0.1, -0.05) is 24.3 Å². The van der Waals surface area contributed by atoms with Gasteiger partial charge in [0.25, 0.3) is 0 Å². The van der Waals surface area contributed by atoms with Gasteiger partial charge in [-0.05, 0) is 25.0 Å². The molecule has 70 valence electrons. The molecule has 1 aliphatic rings. The third kappa shape index (κ3) is 1.22. The minimum atomic E-state index is 0.0734. The zero-order valence-electron chi connectivity index (χ0n) is 7.77. The van der Waals surface area contributed by atoms with Crippen LogP contribution in [0.4, 0.5) is 0 Å². The van der Waals surface area contributed by atoms with Crippen molar-refractivity contribution in [2.45, 2.75) is 17.6 Å². The van der Waals surface area contributed by atoms with E-state index in [0.29, 0.717) is 0 Å². The topological polar surface area (TPSA) is 12.9 Å². The van der Waals surface area contributed by atoms with Crippen molar-refractivity contribution in [3.63, 3.8) is 0 Å². The lowest BCUT2D eigenvalue weighted by Gasteiger charge is -2.07. The maximum Gasteiger partial charge on any atom is 0.0705 e. The monoisotopic (exact) mass is 201 g/mol. The molecule has 0 radical (unpaired) electrons. The van der Waals surface area contributed by atoms with Crippen molar-refractivity contribution in [3.05, 3.63) is 42.1 Å². The van der Waals surface area contributed by atoms with E-state index < -0.39 is 0 Å². The fourth-order valence-electron chi connectivity index (χ4n) is 1.70. The number of aromatic nitrogens is 1. The van der Waals surface area contributed by atoms with Crippen molar-refractivity contribution in [2.75, 3.05) is 0 Å². The van der Waals surface area contributed by atoms with Gasteiger partial charge in [0.2, 0.25) is 0 Å². The summed E-state index contributed by atoms with van der Waals surface area (Å²) in [4.78, 5) is 4.63. The van der Waals surface area contributed by atoms with Gasteiger partial charge in [-0.15, -0.1) is 0 Å². The summed E-state index contributed by atoms with van der Waals surface area (Å²) in [6, 6.07) is 12.4. The summed E-state index contributed by atoms with van der Waals surface area (Å²) in [6.45, 7) is 0. The Hall–Kier alpha value is -1.02. The highest BCUT2D eigenvalue weighted by atomic mass is 32.1. The van der Waals surface area contributed by atoms with Gasteiger partial charge in [0.15, 0.2) is 0 Å². The van der Waals surface area contributed by atoms with Gasteiger partial charge in [-0.3, -0.25) is 4.98 Å². The molecule has 0 amide bonds. The summed E-state index contributed by atoms with van der Waals surface area (Å²) >= 11 is 4.62. The van der Waals surface area contributed by atoms with Crippen molar-refractivity contribution in [2.24, 2.45) is 0 Å². The van der Waals surface area contributed by atoms with Crippen LogP contribution in [0, 0.1) is 0 Å². The van der Waals surface area contributed by atoms with Gasteiger partial charge >= 0.3 is 0 Å². The smallest absolute Gasteiger partial charge is 0.0705 e. The summed E-state index contributed by atoms with van der Waals surface area (Å²) in [5.41, 5.74) is 2.20. The number of pyridine rings is 1. The predicted molar refractivity (Wildman–Crippen MR) is 61.6 cm³/mol. The first-order chi connectivity index (χ1) is 6.78. The van der Waals surface area contributed by atoms with E-state index >= 15 is 0 Å². The van der Waals surface area contributed by atoms with Crippen molar-refractivity contribution in [1.29, 1.82) is 0 Å². The van der Waals surface area contributed by atoms with Crippen LogP contribution < -0.4 is 0 Å². The minimum Gasteiger partial charge on any atom is -0.251 e. The third-order valence-corrected chi connectivity index (χ3v) is 3.48. The maximum atomic E-state index is 4.63. The number of fused-ring (bicyclic) bond motifs is 1. The van der Waals surface area contributed by atoms with Gasteiger partial charge in [0.1, 0.15) is 0 Å². The Morgan fingerprint density at radius 2 is 1.86 bits per heavy atom. The third-order valence-electron chi connectivity index (χ3n) is 2.80. The molecule has 3 rings (SSSR count). The van der Waals surface area contributed by atoms with Crippen LogP contribution in [0.2, 0.25) is 0 Å². The van der Waals surface area contributed by atoms with E-state index in [-0.39, 0.29) is 4.75 Å². The summed E-state index contributed by atoms with van der Waals surface area (Å²) in [6.07, 6.45) is 2.31. The molecule has 14 heavy (non-hydrogen) atoms. The normalized spacial score (nSPS) is 18.4. The predicted octanol–water partition coefficient (Wildman–Crippen LogP) is 3.15. The Morgan fingerprint density at radius 3 is 2.64 bits per heavy atom. The molecule has 1 aromatic carbocycles. The summed E-state index contributed by atoms with van der Waals surface area (Å²) < 4.78 is 0.0734. The van der Waals surface area contributed by atoms with Crippen LogP contribution in [0.1, 0.15) is 18.5 Å². The van der Waals surface area contributed by atoms with Gasteiger partial charge in [0.05, 0.1) is 16.0 Å². The van der Waals surface area contributed by atoms with E-state index in [1.54, 1.807) is 0 Å². The SMILES string of the molecule is SC1(c2ccc3ccccc3n2)CC1. The van der Waals surface area contributed by atoms with Crippen LogP contribution in [-0.4, -0.2) is 4.98 Å². The van der Waals surface area contributed by atoms with E-state index in [4.69, 9.17) is 0 Å². The molecular formula is C12H11NS. The number of para-hydroxylation sites is 1. The van der Waals surface area contributed by atoms with Crippen LogP contribution in [0.5, 0.6) is 0 Å². The molecule has 1 saturated carbocycles. The first-order valence-electron chi connectivity index (χ1n) is 4.87. The largest absolute Gasteiger partial charge is 0.251 e. The van der Waals surface area contributed by atoms with Crippen molar-refractivity contribution < 1.29 is 0 Å². The van der Waals surface area contributed by atoms with Gasteiger partial charge < -0.3 is 0 Å². The van der Waals surface area contributed by atoms with Crippen LogP contribution in [0.3, 0.4) is 0 Å². The zero-order chi connectivity index (χ0) is 9.60. The first-order valence-corrected chi connectivity index (χ1v) is 5.31. The van der Waals surface area contributed by atoms with E-state index in [9.17, 15) is 0 Å². The summed E-state index contributed by atoms with van der Waals surface area (Å²) in [7, 11) is 0. The molecule has 0 spiro atoms. The molecule has 0 unspecified atom stereocenters. The van der Waals surface area contributed by atoms with Crippen LogP contribution in [0.25, 0.3) is 10.9 Å². The first kappa shape index (κ1) is 8.30. The molecular weight excluding hydrogens is 190 g/mol. The molecule has 1 aliphatic carbocycles. The molecule has 1 aromatic heterocycles. The Bertz CT molecular complexity index is 488. The standard InChI is InChI=1S/C12H11NS/c14-12(7-8-12)11-6-5-9-3-1-2-4-10(9)13-11/h1-6,14H,7-8H2. The van der Waals surface area contributed by atoms with Gasteiger partial charge in [0, 0.05) is 5.39 Å². The number of hydrogen-bond acceptors (Lipinski definition) is 2. The van der Waals surface area contributed by atoms with Gasteiger partial charge in [-0.25, -0.2) is 0 Å². The Labute approximate surface area is 88.6 Å². The molecule has 1 fully saturated rings. The molecule has 2 aromatic rings. The fraction of sp³-hybridized carbons (Fsp3) is 0.250. The lowest BCUT2D eigenvalue weighted by molar-refractivity contribution is 0.976. The Balaban J connectivity index is 2.20. The number of benzene rings is 1. The highest BCUT2D eigenvalue weighted by Gasteiger charge is 2.41. The van der Waals surface area contributed by atoms with E-state index in [2.05, 4.69) is 41.9 Å². The Morgan fingerprint density at radius 1 is 1.07 bits per heavy atom. The maximum absolute atomic E-state index is 4.63. The van der Waals surface area contributed by atoms with Crippen molar-refractivity contribution in [1.82, 2.24) is 4.98 Å². The quantitative estimate of drug-likeness (QED) is 0.699. The zero-order valence-corrected chi connectivity index (χ0v) is 8.67. The average molecular weight is 201 g/mol. The highest BCUT2D eigenvalue weighted by Crippen LogP contribution is 2.50. The Kier molecular flexibility index (Phi) is 1.62. The second-order valence-electron chi connectivity index (χ2n) is 3.92. The van der Waals surface area contributed by atoms with Gasteiger partial charge in [-0.2, -0.15) is 12.6 Å². The second-order valence-corrected chi connectivity index (χ2v) is 4.78. The van der Waals surface area contributed by atoms with Crippen molar-refractivity contribution in [3.8, 4) is 0 Å². The summed E-state index contributed by atoms with van der Waals surface area (Å²) in [5, 5.41) is 1.20. The molecule has 0 aliphatic heterocycles. The van der Waals surface area contributed by atoms with Crippen LogP contribution in [-0.2, 0) is 4.75 Å². The highest BCUT2D eigenvalue weighted by molar-refractivity contribution is 7.81.